The zero-order valence-electron chi connectivity index (χ0n) is 10.8. The second-order valence-electron chi connectivity index (χ2n) is 3.97. The van der Waals surface area contributed by atoms with Crippen molar-refractivity contribution in [2.24, 2.45) is 0 Å². The summed E-state index contributed by atoms with van der Waals surface area (Å²) in [6, 6.07) is 5.46. The second-order valence-corrected chi connectivity index (χ2v) is 5.89. The number of sulfonamides is 1. The summed E-state index contributed by atoms with van der Waals surface area (Å²) < 4.78 is 30.9. The largest absolute Gasteiger partial charge is 0.399 e. The molecule has 0 amide bonds. The molecular weight excluding hydrogens is 252 g/mol. The molecule has 6 heteroatoms. The van der Waals surface area contributed by atoms with E-state index in [1.54, 1.807) is 6.07 Å². The molecule has 0 spiro atoms. The first-order chi connectivity index (χ1) is 8.46. The van der Waals surface area contributed by atoms with Crippen LogP contribution in [0.3, 0.4) is 0 Å². The maximum absolute atomic E-state index is 11.7. The Bertz CT molecular complexity index is 486. The second kappa shape index (κ2) is 6.72. The summed E-state index contributed by atoms with van der Waals surface area (Å²) in [5.74, 6) is -0.0256. The van der Waals surface area contributed by atoms with Crippen LogP contribution in [0.5, 0.6) is 0 Å². The van der Waals surface area contributed by atoms with Gasteiger partial charge in [0.1, 0.15) is 0 Å². The first-order valence-corrected chi connectivity index (χ1v) is 7.50. The van der Waals surface area contributed by atoms with Crippen molar-refractivity contribution in [3.63, 3.8) is 0 Å². The summed E-state index contributed by atoms with van der Waals surface area (Å²) in [5.41, 5.74) is 8.22. The number of nitrogens with two attached hydrogens (primary N) is 1. The van der Waals surface area contributed by atoms with Crippen molar-refractivity contribution >= 4 is 15.7 Å². The summed E-state index contributed by atoms with van der Waals surface area (Å²) in [7, 11) is -3.30. The lowest BCUT2D eigenvalue weighted by Gasteiger charge is -2.10. The number of rotatable bonds is 7. The van der Waals surface area contributed by atoms with Gasteiger partial charge >= 0.3 is 0 Å². The molecule has 1 rings (SSSR count). The van der Waals surface area contributed by atoms with Crippen molar-refractivity contribution in [3.8, 4) is 0 Å². The Morgan fingerprint density at radius 3 is 2.78 bits per heavy atom. The molecule has 1 aromatic carbocycles. The highest BCUT2D eigenvalue weighted by atomic mass is 32.2. The molecule has 0 atom stereocenters. The van der Waals surface area contributed by atoms with E-state index in [0.29, 0.717) is 12.3 Å². The van der Waals surface area contributed by atoms with Gasteiger partial charge in [-0.3, -0.25) is 0 Å². The summed E-state index contributed by atoms with van der Waals surface area (Å²) in [6.45, 7) is 4.69. The number of hydrogen-bond donors (Lipinski definition) is 2. The van der Waals surface area contributed by atoms with E-state index in [9.17, 15) is 8.42 Å². The minimum Gasteiger partial charge on any atom is -0.399 e. The van der Waals surface area contributed by atoms with Gasteiger partial charge in [0.05, 0.1) is 12.4 Å². The van der Waals surface area contributed by atoms with E-state index >= 15 is 0 Å². The highest BCUT2D eigenvalue weighted by molar-refractivity contribution is 7.89. The summed E-state index contributed by atoms with van der Waals surface area (Å²) >= 11 is 0. The van der Waals surface area contributed by atoms with E-state index in [4.69, 9.17) is 10.5 Å². The van der Waals surface area contributed by atoms with Crippen LogP contribution in [0.4, 0.5) is 5.69 Å². The average molecular weight is 272 g/mol. The van der Waals surface area contributed by atoms with Crippen LogP contribution in [0.2, 0.25) is 0 Å². The minimum absolute atomic E-state index is 0.0256. The van der Waals surface area contributed by atoms with Crippen LogP contribution >= 0.6 is 0 Å². The normalized spacial score (nSPS) is 11.7. The molecule has 0 aliphatic rings. The third kappa shape index (κ3) is 4.64. The van der Waals surface area contributed by atoms with Crippen molar-refractivity contribution < 1.29 is 13.2 Å². The van der Waals surface area contributed by atoms with Gasteiger partial charge in [0, 0.05) is 18.8 Å². The Hall–Kier alpha value is -1.11. The van der Waals surface area contributed by atoms with Crippen LogP contribution < -0.4 is 10.5 Å². The summed E-state index contributed by atoms with van der Waals surface area (Å²) in [4.78, 5) is 0. The maximum Gasteiger partial charge on any atom is 0.214 e. The molecule has 0 aliphatic heterocycles. The fourth-order valence-corrected chi connectivity index (χ4v) is 2.32. The first kappa shape index (κ1) is 14.9. The number of anilines is 1. The van der Waals surface area contributed by atoms with Gasteiger partial charge in [-0.1, -0.05) is 12.1 Å². The van der Waals surface area contributed by atoms with Crippen molar-refractivity contribution in [1.29, 1.82) is 0 Å². The van der Waals surface area contributed by atoms with E-state index in [1.165, 1.54) is 0 Å². The number of hydrogen-bond acceptors (Lipinski definition) is 4. The Morgan fingerprint density at radius 1 is 1.39 bits per heavy atom. The molecule has 0 aromatic heterocycles. The highest BCUT2D eigenvalue weighted by Gasteiger charge is 2.10. The fraction of sp³-hybridized carbons (Fsp3) is 0.500. The molecular formula is C12H20N2O3S. The Kier molecular flexibility index (Phi) is 5.58. The van der Waals surface area contributed by atoms with Gasteiger partial charge in [0.15, 0.2) is 0 Å². The van der Waals surface area contributed by atoms with Crippen molar-refractivity contribution in [1.82, 2.24) is 4.72 Å². The molecule has 0 radical (unpaired) electrons. The van der Waals surface area contributed by atoms with Gasteiger partial charge < -0.3 is 10.5 Å². The third-order valence-electron chi connectivity index (χ3n) is 2.67. The lowest BCUT2D eigenvalue weighted by atomic mass is 10.1. The van der Waals surface area contributed by atoms with E-state index in [0.717, 1.165) is 11.1 Å². The van der Waals surface area contributed by atoms with E-state index in [1.807, 2.05) is 26.0 Å². The van der Waals surface area contributed by atoms with Crippen LogP contribution in [-0.4, -0.2) is 27.4 Å². The van der Waals surface area contributed by atoms with Gasteiger partial charge in [-0.25, -0.2) is 13.1 Å². The molecule has 0 fully saturated rings. The van der Waals surface area contributed by atoms with Crippen LogP contribution in [0.15, 0.2) is 18.2 Å². The van der Waals surface area contributed by atoms with Gasteiger partial charge in [0.2, 0.25) is 10.0 Å². The van der Waals surface area contributed by atoms with Crippen molar-refractivity contribution in [2.45, 2.75) is 20.4 Å². The number of nitrogens with one attached hydrogen (secondary N) is 1. The smallest absolute Gasteiger partial charge is 0.214 e. The molecule has 0 aliphatic carbocycles. The number of nitrogen functional groups attached to an aromatic ring is 1. The Balaban J connectivity index is 2.56. The molecule has 18 heavy (non-hydrogen) atoms. The molecule has 5 nitrogen and oxygen atoms in total. The predicted octanol–water partition coefficient (Wildman–Crippen LogP) is 1.03. The molecule has 0 bridgehead atoms. The SMILES string of the molecule is CCOCCS(=O)(=O)NCc1cccc(N)c1C. The van der Waals surface area contributed by atoms with Crippen LogP contribution in [0.1, 0.15) is 18.1 Å². The zero-order chi connectivity index (χ0) is 13.6. The molecule has 0 heterocycles. The lowest BCUT2D eigenvalue weighted by molar-refractivity contribution is 0.163. The average Bonchev–Trinajstić information content (AvgIpc) is 2.31. The zero-order valence-corrected chi connectivity index (χ0v) is 11.6. The predicted molar refractivity (Wildman–Crippen MR) is 72.7 cm³/mol. The monoisotopic (exact) mass is 272 g/mol. The van der Waals surface area contributed by atoms with Gasteiger partial charge in [-0.2, -0.15) is 0 Å². The third-order valence-corrected chi connectivity index (χ3v) is 3.96. The molecule has 1 aromatic rings. The van der Waals surface area contributed by atoms with Crippen LogP contribution in [-0.2, 0) is 21.3 Å². The minimum atomic E-state index is -3.30. The van der Waals surface area contributed by atoms with Crippen molar-refractivity contribution in [3.05, 3.63) is 29.3 Å². The molecule has 0 unspecified atom stereocenters. The van der Waals surface area contributed by atoms with E-state index in [2.05, 4.69) is 4.72 Å². The van der Waals surface area contributed by atoms with E-state index in [-0.39, 0.29) is 18.9 Å². The molecule has 102 valence electrons. The van der Waals surface area contributed by atoms with E-state index < -0.39 is 10.0 Å². The molecule has 0 saturated carbocycles. The van der Waals surface area contributed by atoms with Crippen LogP contribution in [0.25, 0.3) is 0 Å². The highest BCUT2D eigenvalue weighted by Crippen LogP contribution is 2.15. The van der Waals surface area contributed by atoms with Gasteiger partial charge in [-0.05, 0) is 31.0 Å². The van der Waals surface area contributed by atoms with Crippen molar-refractivity contribution in [2.75, 3.05) is 24.7 Å². The lowest BCUT2D eigenvalue weighted by Crippen LogP contribution is -2.28. The number of benzene rings is 1. The standard InChI is InChI=1S/C12H20N2O3S/c1-3-17-7-8-18(15,16)14-9-11-5-4-6-12(13)10(11)2/h4-6,14H,3,7-9,13H2,1-2H3. The fourth-order valence-electron chi connectivity index (χ4n) is 1.47. The number of ether oxygens (including phenoxy) is 1. The maximum atomic E-state index is 11.7. The van der Waals surface area contributed by atoms with Gasteiger partial charge in [0.25, 0.3) is 0 Å². The first-order valence-electron chi connectivity index (χ1n) is 5.85. The quantitative estimate of drug-likeness (QED) is 0.574. The summed E-state index contributed by atoms with van der Waals surface area (Å²) in [5, 5.41) is 0. The Labute approximate surface area is 108 Å². The van der Waals surface area contributed by atoms with Crippen LogP contribution in [0, 0.1) is 6.92 Å². The molecule has 3 N–H and O–H groups in total. The Morgan fingerprint density at radius 2 is 2.11 bits per heavy atom. The van der Waals surface area contributed by atoms with Gasteiger partial charge in [-0.15, -0.1) is 0 Å². The summed E-state index contributed by atoms with van der Waals surface area (Å²) in [6.07, 6.45) is 0. The topological polar surface area (TPSA) is 81.4 Å². The molecule has 0 saturated heterocycles.